The Bertz CT molecular complexity index is 692. The van der Waals surface area contributed by atoms with Crippen LogP contribution in [0, 0.1) is 10.1 Å². The van der Waals surface area contributed by atoms with Crippen LogP contribution in [0.5, 0.6) is 0 Å². The highest BCUT2D eigenvalue weighted by Gasteiger charge is 2.18. The summed E-state index contributed by atoms with van der Waals surface area (Å²) in [6.45, 7) is 1.22. The van der Waals surface area contributed by atoms with E-state index in [2.05, 4.69) is 10.3 Å². The van der Waals surface area contributed by atoms with Crippen molar-refractivity contribution in [2.24, 2.45) is 0 Å². The van der Waals surface area contributed by atoms with E-state index in [4.69, 9.17) is 9.15 Å². The molecule has 0 aromatic carbocycles. The Hall–Kier alpha value is -2.75. The van der Waals surface area contributed by atoms with E-state index in [9.17, 15) is 19.7 Å². The van der Waals surface area contributed by atoms with Gasteiger partial charge in [0.2, 0.25) is 11.7 Å². The van der Waals surface area contributed by atoms with E-state index in [1.54, 1.807) is 5.38 Å². The number of aromatic nitrogens is 1. The fourth-order valence-electron chi connectivity index (χ4n) is 1.33. The molecule has 110 valence electrons. The normalized spacial score (nSPS) is 10.1. The third-order valence-corrected chi connectivity index (χ3v) is 2.97. The van der Waals surface area contributed by atoms with Crippen LogP contribution in [0.3, 0.4) is 0 Å². The highest BCUT2D eigenvalue weighted by molar-refractivity contribution is 7.13. The first-order valence-corrected chi connectivity index (χ1v) is 6.47. The zero-order valence-electron chi connectivity index (χ0n) is 10.7. The van der Waals surface area contributed by atoms with Gasteiger partial charge in [-0.05, 0) is 6.07 Å². The first-order chi connectivity index (χ1) is 9.95. The first kappa shape index (κ1) is 14.7. The standard InChI is InChI=1S/C11H9N3O6S/c1-6(15)12-11-13-7(5-21-11)4-19-10(16)8-2-3-9(20-8)14(17)18/h2-3,5H,4H2,1H3,(H,12,13,15). The zero-order chi connectivity index (χ0) is 15.4. The highest BCUT2D eigenvalue weighted by atomic mass is 32.1. The summed E-state index contributed by atoms with van der Waals surface area (Å²) in [7, 11) is 0. The summed E-state index contributed by atoms with van der Waals surface area (Å²) in [5.41, 5.74) is 0.443. The Balaban J connectivity index is 1.92. The summed E-state index contributed by atoms with van der Waals surface area (Å²) in [4.78, 5) is 36.1. The minimum atomic E-state index is -0.836. The number of hydrogen-bond donors (Lipinski definition) is 1. The molecule has 0 aliphatic carbocycles. The van der Waals surface area contributed by atoms with Crippen molar-refractivity contribution in [1.29, 1.82) is 0 Å². The molecule has 10 heteroatoms. The summed E-state index contributed by atoms with van der Waals surface area (Å²) in [5, 5.41) is 14.9. The zero-order valence-corrected chi connectivity index (χ0v) is 11.5. The van der Waals surface area contributed by atoms with Crippen molar-refractivity contribution in [2.75, 3.05) is 5.32 Å². The molecule has 21 heavy (non-hydrogen) atoms. The Morgan fingerprint density at radius 3 is 2.90 bits per heavy atom. The van der Waals surface area contributed by atoms with Gasteiger partial charge in [0.15, 0.2) is 5.13 Å². The number of nitro groups is 1. The second-order valence-corrected chi connectivity index (χ2v) is 4.65. The van der Waals surface area contributed by atoms with Gasteiger partial charge in [0.25, 0.3) is 0 Å². The number of ether oxygens (including phenoxy) is 1. The maximum absolute atomic E-state index is 11.6. The topological polar surface area (TPSA) is 125 Å². The van der Waals surface area contributed by atoms with Crippen molar-refractivity contribution in [1.82, 2.24) is 4.98 Å². The SMILES string of the molecule is CC(=O)Nc1nc(COC(=O)c2ccc([N+](=O)[O-])o2)cs1. The maximum atomic E-state index is 11.6. The maximum Gasteiger partial charge on any atom is 0.433 e. The van der Waals surface area contributed by atoms with Crippen LogP contribution >= 0.6 is 11.3 Å². The summed E-state index contributed by atoms with van der Waals surface area (Å²) in [6, 6.07) is 2.22. The molecule has 0 saturated carbocycles. The Labute approximate surface area is 121 Å². The van der Waals surface area contributed by atoms with Crippen LogP contribution in [0.4, 0.5) is 11.0 Å². The number of carbonyl (C=O) groups excluding carboxylic acids is 2. The lowest BCUT2D eigenvalue weighted by atomic mass is 10.4. The minimum Gasteiger partial charge on any atom is -0.453 e. The van der Waals surface area contributed by atoms with Gasteiger partial charge in [-0.1, -0.05) is 0 Å². The molecular formula is C11H9N3O6S. The number of thiazole rings is 1. The van der Waals surface area contributed by atoms with E-state index in [0.717, 1.165) is 12.1 Å². The van der Waals surface area contributed by atoms with E-state index in [1.807, 2.05) is 0 Å². The number of amides is 1. The molecule has 0 fully saturated rings. The van der Waals surface area contributed by atoms with E-state index < -0.39 is 16.8 Å². The van der Waals surface area contributed by atoms with Gasteiger partial charge in [0, 0.05) is 12.3 Å². The van der Waals surface area contributed by atoms with Crippen LogP contribution in [-0.4, -0.2) is 21.8 Å². The van der Waals surface area contributed by atoms with Gasteiger partial charge in [0.05, 0.1) is 11.8 Å². The number of rotatable bonds is 5. The molecule has 0 atom stereocenters. The molecule has 0 spiro atoms. The number of nitrogens with one attached hydrogen (secondary N) is 1. The van der Waals surface area contributed by atoms with E-state index in [0.29, 0.717) is 10.8 Å². The molecule has 0 unspecified atom stereocenters. The third kappa shape index (κ3) is 3.86. The summed E-state index contributed by atoms with van der Waals surface area (Å²) in [5.74, 6) is -1.89. The first-order valence-electron chi connectivity index (χ1n) is 5.59. The second-order valence-electron chi connectivity index (χ2n) is 3.80. The molecule has 2 rings (SSSR count). The number of nitrogens with zero attached hydrogens (tertiary/aromatic N) is 2. The fourth-order valence-corrected chi connectivity index (χ4v) is 2.07. The average molecular weight is 311 g/mol. The Morgan fingerprint density at radius 2 is 2.29 bits per heavy atom. The quantitative estimate of drug-likeness (QED) is 0.508. The third-order valence-electron chi connectivity index (χ3n) is 2.16. The van der Waals surface area contributed by atoms with Crippen molar-refractivity contribution in [3.05, 3.63) is 39.1 Å². The van der Waals surface area contributed by atoms with Crippen LogP contribution in [0.2, 0.25) is 0 Å². The highest BCUT2D eigenvalue weighted by Crippen LogP contribution is 2.18. The lowest BCUT2D eigenvalue weighted by Crippen LogP contribution is -2.06. The molecule has 2 aromatic rings. The van der Waals surface area contributed by atoms with Gasteiger partial charge in [0.1, 0.15) is 11.5 Å². The van der Waals surface area contributed by atoms with Crippen molar-refractivity contribution in [3.63, 3.8) is 0 Å². The van der Waals surface area contributed by atoms with Crippen LogP contribution < -0.4 is 5.32 Å². The van der Waals surface area contributed by atoms with Crippen molar-refractivity contribution >= 4 is 34.2 Å². The molecule has 0 radical (unpaired) electrons. The summed E-state index contributed by atoms with van der Waals surface area (Å²) >= 11 is 1.19. The molecule has 1 amide bonds. The largest absolute Gasteiger partial charge is 0.453 e. The van der Waals surface area contributed by atoms with Crippen molar-refractivity contribution in [2.45, 2.75) is 13.5 Å². The van der Waals surface area contributed by atoms with Crippen LogP contribution in [-0.2, 0) is 16.1 Å². The lowest BCUT2D eigenvalue weighted by Gasteiger charge is -1.99. The molecular weight excluding hydrogens is 302 g/mol. The molecule has 2 heterocycles. The Kier molecular flexibility index (Phi) is 4.28. The van der Waals surface area contributed by atoms with E-state index in [-0.39, 0.29) is 18.3 Å². The molecule has 0 aliphatic rings. The fraction of sp³-hybridized carbons (Fsp3) is 0.182. The second kappa shape index (κ2) is 6.13. The van der Waals surface area contributed by atoms with Gasteiger partial charge in [-0.3, -0.25) is 14.9 Å². The molecule has 0 saturated heterocycles. The predicted molar refractivity (Wildman–Crippen MR) is 70.9 cm³/mol. The summed E-state index contributed by atoms with van der Waals surface area (Å²) < 4.78 is 9.61. The molecule has 0 bridgehead atoms. The molecule has 9 nitrogen and oxygen atoms in total. The van der Waals surface area contributed by atoms with E-state index >= 15 is 0 Å². The molecule has 0 aliphatic heterocycles. The van der Waals surface area contributed by atoms with Gasteiger partial charge in [-0.2, -0.15) is 0 Å². The predicted octanol–water partition coefficient (Wildman–Crippen LogP) is 1.96. The van der Waals surface area contributed by atoms with Gasteiger partial charge in [-0.15, -0.1) is 11.3 Å². The van der Waals surface area contributed by atoms with Gasteiger partial charge < -0.3 is 14.5 Å². The lowest BCUT2D eigenvalue weighted by molar-refractivity contribution is -0.402. The number of esters is 1. The average Bonchev–Trinajstić information content (AvgIpc) is 3.04. The number of carbonyl (C=O) groups is 2. The van der Waals surface area contributed by atoms with Crippen LogP contribution in [0.1, 0.15) is 23.2 Å². The van der Waals surface area contributed by atoms with Crippen molar-refractivity contribution < 1.29 is 23.7 Å². The monoisotopic (exact) mass is 311 g/mol. The molecule has 2 aromatic heterocycles. The minimum absolute atomic E-state index is 0.136. The molecule has 1 N–H and O–H groups in total. The number of furan rings is 1. The van der Waals surface area contributed by atoms with E-state index in [1.165, 1.54) is 18.3 Å². The van der Waals surface area contributed by atoms with Crippen molar-refractivity contribution in [3.8, 4) is 0 Å². The Morgan fingerprint density at radius 1 is 1.52 bits per heavy atom. The smallest absolute Gasteiger partial charge is 0.433 e. The van der Waals surface area contributed by atoms with Crippen LogP contribution in [0.15, 0.2) is 21.9 Å². The number of anilines is 1. The van der Waals surface area contributed by atoms with Gasteiger partial charge >= 0.3 is 11.9 Å². The van der Waals surface area contributed by atoms with Crippen LogP contribution in [0.25, 0.3) is 0 Å². The number of hydrogen-bond acceptors (Lipinski definition) is 8. The summed E-state index contributed by atoms with van der Waals surface area (Å²) in [6.07, 6.45) is 0. The van der Waals surface area contributed by atoms with Gasteiger partial charge in [-0.25, -0.2) is 9.78 Å².